The van der Waals surface area contributed by atoms with E-state index in [2.05, 4.69) is 22.5 Å². The molecule has 2 amide bonds. The van der Waals surface area contributed by atoms with Crippen LogP contribution in [0.3, 0.4) is 0 Å². The summed E-state index contributed by atoms with van der Waals surface area (Å²) >= 11 is 0. The van der Waals surface area contributed by atoms with Gasteiger partial charge in [-0.3, -0.25) is 4.90 Å². The van der Waals surface area contributed by atoms with E-state index in [9.17, 15) is 4.79 Å². The van der Waals surface area contributed by atoms with Crippen molar-refractivity contribution in [1.82, 2.24) is 20.4 Å². The second kappa shape index (κ2) is 7.18. The normalized spacial score (nSPS) is 31.4. The van der Waals surface area contributed by atoms with Gasteiger partial charge in [0, 0.05) is 45.3 Å². The second-order valence-corrected chi connectivity index (χ2v) is 7.79. The van der Waals surface area contributed by atoms with Crippen molar-refractivity contribution in [3.05, 3.63) is 0 Å². The summed E-state index contributed by atoms with van der Waals surface area (Å²) in [5, 5.41) is 6.72. The van der Waals surface area contributed by atoms with Gasteiger partial charge in [0.05, 0.1) is 0 Å². The number of nitrogens with zero attached hydrogens (tertiary/aromatic N) is 2. The third-order valence-corrected chi connectivity index (χ3v) is 5.65. The molecule has 5 heteroatoms. The number of carbonyl (C=O) groups excluding carboxylic acids is 1. The Hall–Kier alpha value is -0.810. The maximum atomic E-state index is 12.4. The van der Waals surface area contributed by atoms with Crippen LogP contribution in [0, 0.1) is 5.41 Å². The van der Waals surface area contributed by atoms with Crippen molar-refractivity contribution < 1.29 is 4.79 Å². The Balaban J connectivity index is 1.40. The average Bonchev–Trinajstić information content (AvgIpc) is 2.95. The maximum absolute atomic E-state index is 12.4. The van der Waals surface area contributed by atoms with Gasteiger partial charge < -0.3 is 15.5 Å². The third kappa shape index (κ3) is 4.13. The summed E-state index contributed by atoms with van der Waals surface area (Å²) < 4.78 is 0. The van der Waals surface area contributed by atoms with Crippen LogP contribution in [0.25, 0.3) is 0 Å². The van der Waals surface area contributed by atoms with Crippen molar-refractivity contribution in [3.63, 3.8) is 0 Å². The number of amides is 2. The van der Waals surface area contributed by atoms with Gasteiger partial charge in [0.1, 0.15) is 0 Å². The number of rotatable bonds is 3. The lowest BCUT2D eigenvalue weighted by atomic mass is 9.89. The summed E-state index contributed by atoms with van der Waals surface area (Å²) in [7, 11) is 0. The van der Waals surface area contributed by atoms with Gasteiger partial charge in [-0.05, 0) is 31.2 Å². The van der Waals surface area contributed by atoms with E-state index in [1.54, 1.807) is 0 Å². The molecule has 2 saturated heterocycles. The van der Waals surface area contributed by atoms with Crippen LogP contribution in [0.5, 0.6) is 0 Å². The number of hydrogen-bond acceptors (Lipinski definition) is 3. The van der Waals surface area contributed by atoms with Gasteiger partial charge in [-0.1, -0.05) is 26.2 Å². The maximum Gasteiger partial charge on any atom is 0.317 e. The number of urea groups is 1. The highest BCUT2D eigenvalue weighted by molar-refractivity contribution is 5.74. The summed E-state index contributed by atoms with van der Waals surface area (Å²) in [6, 6.07) is 0.586. The van der Waals surface area contributed by atoms with Gasteiger partial charge in [-0.15, -0.1) is 0 Å². The molecule has 0 spiro atoms. The van der Waals surface area contributed by atoms with E-state index < -0.39 is 0 Å². The molecule has 3 fully saturated rings. The van der Waals surface area contributed by atoms with Crippen molar-refractivity contribution in [2.75, 3.05) is 45.8 Å². The molecule has 0 radical (unpaired) electrons. The van der Waals surface area contributed by atoms with Gasteiger partial charge in [0.2, 0.25) is 0 Å². The quantitative estimate of drug-likeness (QED) is 0.833. The minimum atomic E-state index is 0.167. The highest BCUT2D eigenvalue weighted by Gasteiger charge is 2.32. The van der Waals surface area contributed by atoms with Crippen LogP contribution >= 0.6 is 0 Å². The lowest BCUT2D eigenvalue weighted by molar-refractivity contribution is 0.106. The molecule has 1 saturated carbocycles. The van der Waals surface area contributed by atoms with Gasteiger partial charge in [-0.2, -0.15) is 0 Å². The van der Waals surface area contributed by atoms with E-state index in [0.29, 0.717) is 11.5 Å². The first-order chi connectivity index (χ1) is 10.6. The Kier molecular flexibility index (Phi) is 5.24. The Morgan fingerprint density at radius 1 is 1.18 bits per heavy atom. The zero-order valence-electron chi connectivity index (χ0n) is 14.1. The molecule has 22 heavy (non-hydrogen) atoms. The van der Waals surface area contributed by atoms with Gasteiger partial charge in [0.25, 0.3) is 0 Å². The first-order valence-corrected chi connectivity index (χ1v) is 9.13. The molecule has 5 nitrogen and oxygen atoms in total. The third-order valence-electron chi connectivity index (χ3n) is 5.65. The number of hydrogen-bond donors (Lipinski definition) is 2. The monoisotopic (exact) mass is 308 g/mol. The van der Waals surface area contributed by atoms with Crippen molar-refractivity contribution in [2.24, 2.45) is 5.41 Å². The molecular formula is C17H32N4O. The van der Waals surface area contributed by atoms with Crippen LogP contribution in [0.15, 0.2) is 0 Å². The van der Waals surface area contributed by atoms with Gasteiger partial charge >= 0.3 is 6.03 Å². The Bertz CT molecular complexity index is 367. The summed E-state index contributed by atoms with van der Waals surface area (Å²) in [6.07, 6.45) is 7.47. The van der Waals surface area contributed by atoms with Crippen molar-refractivity contribution >= 4 is 6.03 Å². The average molecular weight is 308 g/mol. The predicted octanol–water partition coefficient (Wildman–Crippen LogP) is 1.65. The van der Waals surface area contributed by atoms with Crippen LogP contribution in [0.2, 0.25) is 0 Å². The number of nitrogens with one attached hydrogen (secondary N) is 2. The Morgan fingerprint density at radius 2 is 1.91 bits per heavy atom. The number of carbonyl (C=O) groups is 1. The van der Waals surface area contributed by atoms with Crippen molar-refractivity contribution in [3.8, 4) is 0 Å². The molecule has 0 aromatic rings. The smallest absolute Gasteiger partial charge is 0.317 e. The fourth-order valence-electron chi connectivity index (χ4n) is 4.17. The predicted molar refractivity (Wildman–Crippen MR) is 89.0 cm³/mol. The van der Waals surface area contributed by atoms with Crippen LogP contribution in [0.4, 0.5) is 4.79 Å². The zero-order chi connectivity index (χ0) is 15.4. The zero-order valence-corrected chi connectivity index (χ0v) is 14.1. The summed E-state index contributed by atoms with van der Waals surface area (Å²) in [5.41, 5.74) is 0.423. The fourth-order valence-corrected chi connectivity index (χ4v) is 4.17. The van der Waals surface area contributed by atoms with Crippen LogP contribution in [-0.2, 0) is 0 Å². The van der Waals surface area contributed by atoms with Crippen molar-refractivity contribution in [2.45, 2.75) is 51.5 Å². The van der Waals surface area contributed by atoms with Crippen molar-refractivity contribution in [1.29, 1.82) is 0 Å². The highest BCUT2D eigenvalue weighted by Crippen LogP contribution is 2.26. The first kappa shape index (κ1) is 16.1. The van der Waals surface area contributed by atoms with Crippen LogP contribution < -0.4 is 10.6 Å². The number of piperazine rings is 1. The molecule has 2 N–H and O–H groups in total. The molecule has 3 rings (SSSR count). The van der Waals surface area contributed by atoms with Crippen LogP contribution in [0.1, 0.15) is 45.4 Å². The summed E-state index contributed by atoms with van der Waals surface area (Å²) in [5.74, 6) is 0. The standard InChI is InChI=1S/C17H32N4O/c1-17(7-8-18-13-17)14-20-9-11-21(12-10-20)16(22)19-15-5-3-2-4-6-15/h15,18H,2-14H2,1H3,(H,19,22). The molecule has 1 unspecified atom stereocenters. The second-order valence-electron chi connectivity index (χ2n) is 7.79. The van der Waals surface area contributed by atoms with Crippen LogP contribution in [-0.4, -0.2) is 67.7 Å². The van der Waals surface area contributed by atoms with E-state index >= 15 is 0 Å². The molecule has 1 atom stereocenters. The van der Waals surface area contributed by atoms with E-state index in [1.807, 2.05) is 4.90 Å². The molecule has 2 heterocycles. The lowest BCUT2D eigenvalue weighted by Crippen LogP contribution is -2.55. The largest absolute Gasteiger partial charge is 0.335 e. The Labute approximate surface area is 134 Å². The lowest BCUT2D eigenvalue weighted by Gasteiger charge is -2.39. The van der Waals surface area contributed by atoms with E-state index in [-0.39, 0.29) is 6.03 Å². The molecular weight excluding hydrogens is 276 g/mol. The van der Waals surface area contributed by atoms with E-state index in [0.717, 1.165) is 58.7 Å². The Morgan fingerprint density at radius 3 is 2.55 bits per heavy atom. The molecule has 0 aromatic carbocycles. The molecule has 0 aromatic heterocycles. The van der Waals surface area contributed by atoms with E-state index in [1.165, 1.54) is 25.7 Å². The summed E-state index contributed by atoms with van der Waals surface area (Å²) in [6.45, 7) is 9.63. The molecule has 126 valence electrons. The SMILES string of the molecule is CC1(CN2CCN(C(=O)NC3CCCCC3)CC2)CCNC1. The fraction of sp³-hybridized carbons (Fsp3) is 0.941. The minimum Gasteiger partial charge on any atom is -0.335 e. The first-order valence-electron chi connectivity index (χ1n) is 9.13. The van der Waals surface area contributed by atoms with Gasteiger partial charge in [0.15, 0.2) is 0 Å². The molecule has 1 aliphatic carbocycles. The van der Waals surface area contributed by atoms with Gasteiger partial charge in [-0.25, -0.2) is 4.79 Å². The van der Waals surface area contributed by atoms with E-state index in [4.69, 9.17) is 0 Å². The minimum absolute atomic E-state index is 0.167. The highest BCUT2D eigenvalue weighted by atomic mass is 16.2. The molecule has 3 aliphatic rings. The molecule has 2 aliphatic heterocycles. The topological polar surface area (TPSA) is 47.6 Å². The molecule has 0 bridgehead atoms. The summed E-state index contributed by atoms with van der Waals surface area (Å²) in [4.78, 5) is 16.9.